The van der Waals surface area contributed by atoms with Gasteiger partial charge in [0.15, 0.2) is 0 Å². The number of aromatic nitrogens is 1. The molecule has 0 spiro atoms. The third-order valence-electron chi connectivity index (χ3n) is 5.60. The number of hydrogen-bond donors (Lipinski definition) is 0. The minimum atomic E-state index is -0.275. The van der Waals surface area contributed by atoms with E-state index in [-0.39, 0.29) is 17.8 Å². The van der Waals surface area contributed by atoms with E-state index in [1.54, 1.807) is 12.3 Å². The number of amides is 1. The van der Waals surface area contributed by atoms with E-state index in [4.69, 9.17) is 4.74 Å². The van der Waals surface area contributed by atoms with Crippen LogP contribution in [0.15, 0.2) is 79.0 Å². The summed E-state index contributed by atoms with van der Waals surface area (Å²) in [7, 11) is 0. The zero-order chi connectivity index (χ0) is 22.2. The van der Waals surface area contributed by atoms with Crippen LogP contribution in [0.2, 0.25) is 0 Å². The molecule has 0 N–H and O–H groups in total. The van der Waals surface area contributed by atoms with Crippen LogP contribution < -0.4 is 0 Å². The lowest BCUT2D eigenvalue weighted by atomic mass is 10.1. The number of hydrogen-bond acceptors (Lipinski definition) is 4. The van der Waals surface area contributed by atoms with Crippen LogP contribution in [0.1, 0.15) is 16.8 Å². The average Bonchev–Trinajstić information content (AvgIpc) is 2.95. The zero-order valence-corrected chi connectivity index (χ0v) is 18.1. The van der Waals surface area contributed by atoms with Crippen LogP contribution in [0.4, 0.5) is 4.39 Å². The van der Waals surface area contributed by atoms with Crippen LogP contribution in [-0.2, 0) is 29.1 Å². The second kappa shape index (κ2) is 11.0. The molecule has 2 aromatic carbocycles. The molecule has 1 atom stereocenters. The first-order valence-electron chi connectivity index (χ1n) is 11.0. The fraction of sp³-hybridized carbons (Fsp3) is 0.308. The Morgan fingerprint density at radius 2 is 1.78 bits per heavy atom. The first-order chi connectivity index (χ1) is 15.7. The van der Waals surface area contributed by atoms with Gasteiger partial charge in [0, 0.05) is 32.4 Å². The molecule has 5 nitrogen and oxygen atoms in total. The average molecular weight is 434 g/mol. The molecular formula is C26H28FN3O2. The lowest BCUT2D eigenvalue weighted by Crippen LogP contribution is -2.39. The molecule has 1 aromatic heterocycles. The summed E-state index contributed by atoms with van der Waals surface area (Å²) >= 11 is 0. The van der Waals surface area contributed by atoms with Crippen molar-refractivity contribution >= 4 is 5.91 Å². The molecule has 1 unspecified atom stereocenters. The molecule has 4 rings (SSSR count). The molecular weight excluding hydrogens is 405 g/mol. The molecule has 6 heteroatoms. The SMILES string of the molecule is O=C1CN(Cc2ccccn2)CC(OCc2cccc(F)c2)CN1CCc1ccccc1. The van der Waals surface area contributed by atoms with Crippen molar-refractivity contribution in [2.45, 2.75) is 25.7 Å². The van der Waals surface area contributed by atoms with Crippen molar-refractivity contribution in [2.75, 3.05) is 26.2 Å². The molecule has 0 aliphatic carbocycles. The highest BCUT2D eigenvalue weighted by Gasteiger charge is 2.28. The number of benzene rings is 2. The van der Waals surface area contributed by atoms with Gasteiger partial charge in [-0.25, -0.2) is 4.39 Å². The molecule has 0 radical (unpaired) electrons. The van der Waals surface area contributed by atoms with Crippen LogP contribution in [0, 0.1) is 5.82 Å². The highest BCUT2D eigenvalue weighted by molar-refractivity contribution is 5.78. The lowest BCUT2D eigenvalue weighted by molar-refractivity contribution is -0.131. The van der Waals surface area contributed by atoms with Crippen molar-refractivity contribution in [3.63, 3.8) is 0 Å². The normalized spacial score (nSPS) is 17.3. The van der Waals surface area contributed by atoms with Crippen molar-refractivity contribution in [3.05, 3.63) is 102 Å². The zero-order valence-electron chi connectivity index (χ0n) is 18.1. The van der Waals surface area contributed by atoms with E-state index in [0.29, 0.717) is 39.3 Å². The molecule has 0 bridgehead atoms. The number of rotatable bonds is 8. The molecule has 1 aliphatic heterocycles. The summed E-state index contributed by atoms with van der Waals surface area (Å²) < 4.78 is 19.7. The summed E-state index contributed by atoms with van der Waals surface area (Å²) in [5.74, 6) is -0.183. The van der Waals surface area contributed by atoms with Gasteiger partial charge >= 0.3 is 0 Å². The molecule has 0 saturated carbocycles. The first-order valence-corrected chi connectivity index (χ1v) is 11.0. The second-order valence-electron chi connectivity index (χ2n) is 8.13. The Kier molecular flexibility index (Phi) is 7.59. The van der Waals surface area contributed by atoms with E-state index in [9.17, 15) is 9.18 Å². The van der Waals surface area contributed by atoms with E-state index in [2.05, 4.69) is 22.0 Å². The molecule has 1 fully saturated rings. The Hall–Kier alpha value is -3.09. The minimum Gasteiger partial charge on any atom is -0.370 e. The van der Waals surface area contributed by atoms with E-state index in [0.717, 1.165) is 17.7 Å². The standard InChI is InChI=1S/C26H28FN3O2/c27-23-10-6-9-22(15-23)20-32-25-17-29(16-24-11-4-5-13-28-24)19-26(31)30(18-25)14-12-21-7-2-1-3-8-21/h1-11,13,15,25H,12,14,16-20H2. The summed E-state index contributed by atoms with van der Waals surface area (Å²) in [5.41, 5.74) is 2.90. The summed E-state index contributed by atoms with van der Waals surface area (Å²) in [6, 6.07) is 22.4. The molecule has 1 saturated heterocycles. The fourth-order valence-corrected chi connectivity index (χ4v) is 3.96. The summed E-state index contributed by atoms with van der Waals surface area (Å²) in [6.07, 6.45) is 2.38. The monoisotopic (exact) mass is 433 g/mol. The third kappa shape index (κ3) is 6.45. The van der Waals surface area contributed by atoms with Gasteiger partial charge in [0.25, 0.3) is 0 Å². The maximum absolute atomic E-state index is 13.6. The summed E-state index contributed by atoms with van der Waals surface area (Å²) in [6.45, 7) is 2.98. The van der Waals surface area contributed by atoms with E-state index >= 15 is 0 Å². The molecule has 1 aliphatic rings. The van der Waals surface area contributed by atoms with Crippen LogP contribution in [0.25, 0.3) is 0 Å². The first kappa shape index (κ1) is 22.1. The minimum absolute atomic E-state index is 0.0914. The van der Waals surface area contributed by atoms with Gasteiger partial charge in [0.2, 0.25) is 5.91 Å². The molecule has 2 heterocycles. The van der Waals surface area contributed by atoms with E-state index in [1.807, 2.05) is 47.4 Å². The number of nitrogens with zero attached hydrogens (tertiary/aromatic N) is 3. The quantitative estimate of drug-likeness (QED) is 0.544. The van der Waals surface area contributed by atoms with Gasteiger partial charge in [-0.1, -0.05) is 48.5 Å². The number of pyridine rings is 1. The number of halogens is 1. The topological polar surface area (TPSA) is 45.7 Å². The van der Waals surface area contributed by atoms with Gasteiger partial charge in [-0.2, -0.15) is 0 Å². The molecule has 1 amide bonds. The van der Waals surface area contributed by atoms with Gasteiger partial charge in [0.05, 0.1) is 24.9 Å². The highest BCUT2D eigenvalue weighted by atomic mass is 19.1. The van der Waals surface area contributed by atoms with Crippen LogP contribution >= 0.6 is 0 Å². The molecule has 32 heavy (non-hydrogen) atoms. The molecule has 3 aromatic rings. The summed E-state index contributed by atoms with van der Waals surface area (Å²) in [4.78, 5) is 21.4. The van der Waals surface area contributed by atoms with Gasteiger partial charge in [-0.3, -0.25) is 14.7 Å². The van der Waals surface area contributed by atoms with Crippen molar-refractivity contribution in [1.29, 1.82) is 0 Å². The Bertz CT molecular complexity index is 1000. The number of carbonyl (C=O) groups excluding carboxylic acids is 1. The third-order valence-corrected chi connectivity index (χ3v) is 5.60. The highest BCUT2D eigenvalue weighted by Crippen LogP contribution is 2.15. The summed E-state index contributed by atoms with van der Waals surface area (Å²) in [5, 5.41) is 0. The maximum atomic E-state index is 13.6. The van der Waals surface area contributed by atoms with Gasteiger partial charge < -0.3 is 9.64 Å². The van der Waals surface area contributed by atoms with Crippen LogP contribution in [0.3, 0.4) is 0 Å². The van der Waals surface area contributed by atoms with Gasteiger partial charge in [-0.15, -0.1) is 0 Å². The Labute approximate surface area is 188 Å². The molecule has 166 valence electrons. The predicted octanol–water partition coefficient (Wildman–Crippen LogP) is 3.69. The Morgan fingerprint density at radius 1 is 0.969 bits per heavy atom. The van der Waals surface area contributed by atoms with Crippen molar-refractivity contribution in [1.82, 2.24) is 14.8 Å². The smallest absolute Gasteiger partial charge is 0.236 e. The second-order valence-corrected chi connectivity index (χ2v) is 8.13. The maximum Gasteiger partial charge on any atom is 0.236 e. The number of carbonyl (C=O) groups is 1. The fourth-order valence-electron chi connectivity index (χ4n) is 3.96. The van der Waals surface area contributed by atoms with Crippen LogP contribution in [-0.4, -0.2) is 53.0 Å². The van der Waals surface area contributed by atoms with Gasteiger partial charge in [0.1, 0.15) is 5.82 Å². The Morgan fingerprint density at radius 3 is 2.56 bits per heavy atom. The van der Waals surface area contributed by atoms with Gasteiger partial charge in [-0.05, 0) is 41.8 Å². The van der Waals surface area contributed by atoms with Crippen molar-refractivity contribution < 1.29 is 13.9 Å². The van der Waals surface area contributed by atoms with E-state index < -0.39 is 0 Å². The van der Waals surface area contributed by atoms with E-state index in [1.165, 1.54) is 17.7 Å². The lowest BCUT2D eigenvalue weighted by Gasteiger charge is -2.25. The largest absolute Gasteiger partial charge is 0.370 e. The number of ether oxygens (including phenoxy) is 1. The predicted molar refractivity (Wildman–Crippen MR) is 121 cm³/mol. The van der Waals surface area contributed by atoms with Crippen molar-refractivity contribution in [2.24, 2.45) is 0 Å². The van der Waals surface area contributed by atoms with Crippen LogP contribution in [0.5, 0.6) is 0 Å². The van der Waals surface area contributed by atoms with Crippen molar-refractivity contribution in [3.8, 4) is 0 Å². The Balaban J connectivity index is 1.45.